The first kappa shape index (κ1) is 26.1. The van der Waals surface area contributed by atoms with Crippen molar-refractivity contribution in [3.05, 3.63) is 156 Å². The largest absolute Gasteiger partial charge is 0.256 e. The maximum atomic E-state index is 4.87. The molecular weight excluding hydrogens is 537 g/mol. The van der Waals surface area contributed by atoms with Gasteiger partial charge in [-0.05, 0) is 118 Å². The number of benzene rings is 5. The van der Waals surface area contributed by atoms with Gasteiger partial charge in [0.05, 0.1) is 5.69 Å². The Hall–Kier alpha value is -4.58. The normalized spacial score (nSPS) is 14.9. The molecule has 2 aliphatic carbocycles. The zero-order valence-corrected chi connectivity index (χ0v) is 25.0. The van der Waals surface area contributed by atoms with E-state index in [1.807, 2.05) is 6.20 Å². The van der Waals surface area contributed by atoms with Crippen molar-refractivity contribution in [3.63, 3.8) is 0 Å². The van der Waals surface area contributed by atoms with Crippen LogP contribution in [0.3, 0.4) is 0 Å². The Morgan fingerprint density at radius 2 is 1.35 bits per heavy atom. The molecule has 0 amide bonds. The summed E-state index contributed by atoms with van der Waals surface area (Å²) in [5.41, 5.74) is 7.49. The van der Waals surface area contributed by atoms with Gasteiger partial charge in [0, 0.05) is 11.8 Å². The molecule has 0 spiro atoms. The summed E-state index contributed by atoms with van der Waals surface area (Å²) < 4.78 is 0. The third kappa shape index (κ3) is 4.85. The maximum Gasteiger partial charge on any atom is 0.0708 e. The van der Waals surface area contributed by atoms with Crippen LogP contribution in [-0.2, 0) is 6.42 Å². The first-order chi connectivity index (χ1) is 21.3. The molecule has 0 fully saturated rings. The van der Waals surface area contributed by atoms with Crippen LogP contribution in [0.15, 0.2) is 145 Å². The Morgan fingerprint density at radius 1 is 0.535 bits per heavy atom. The molecule has 1 unspecified atom stereocenters. The number of rotatable bonds is 5. The Bertz CT molecular complexity index is 2080. The van der Waals surface area contributed by atoms with E-state index < -0.39 is 7.92 Å². The smallest absolute Gasteiger partial charge is 0.0708 e. The summed E-state index contributed by atoms with van der Waals surface area (Å²) in [5, 5.41) is 9.55. The van der Waals surface area contributed by atoms with Crippen LogP contribution in [-0.4, -0.2) is 4.98 Å². The van der Waals surface area contributed by atoms with E-state index in [0.717, 1.165) is 36.9 Å². The lowest BCUT2D eigenvalue weighted by atomic mass is 9.86. The van der Waals surface area contributed by atoms with Gasteiger partial charge in [-0.1, -0.05) is 115 Å². The minimum absolute atomic E-state index is 0.640. The number of aryl methyl sites for hydroxylation is 1. The van der Waals surface area contributed by atoms with Gasteiger partial charge in [-0.3, -0.25) is 4.98 Å². The average molecular weight is 570 g/mol. The molecule has 206 valence electrons. The Balaban J connectivity index is 1.21. The molecule has 2 heteroatoms. The van der Waals surface area contributed by atoms with E-state index in [1.54, 1.807) is 0 Å². The topological polar surface area (TPSA) is 12.9 Å². The molecule has 8 rings (SSSR count). The lowest BCUT2D eigenvalue weighted by Crippen LogP contribution is -2.13. The molecule has 1 heterocycles. The zero-order valence-electron chi connectivity index (χ0n) is 24.1. The first-order valence-corrected chi connectivity index (χ1v) is 16.6. The van der Waals surface area contributed by atoms with Gasteiger partial charge in [-0.2, -0.15) is 0 Å². The van der Waals surface area contributed by atoms with E-state index in [2.05, 4.69) is 140 Å². The van der Waals surface area contributed by atoms with Crippen molar-refractivity contribution >= 4 is 46.2 Å². The Morgan fingerprint density at radius 3 is 2.23 bits per heavy atom. The highest BCUT2D eigenvalue weighted by molar-refractivity contribution is 7.77. The number of fused-ring (bicyclic) bond motifs is 6. The van der Waals surface area contributed by atoms with Crippen molar-refractivity contribution in [1.82, 2.24) is 4.98 Å². The van der Waals surface area contributed by atoms with Crippen LogP contribution in [0, 0.1) is 0 Å². The second kappa shape index (κ2) is 11.3. The van der Waals surface area contributed by atoms with Gasteiger partial charge in [-0.15, -0.1) is 0 Å². The minimum Gasteiger partial charge on any atom is -0.256 e. The molecule has 0 saturated carbocycles. The zero-order chi connectivity index (χ0) is 28.6. The molecule has 1 nitrogen and oxygen atoms in total. The van der Waals surface area contributed by atoms with Crippen molar-refractivity contribution in [2.75, 3.05) is 0 Å². The molecule has 5 aromatic carbocycles. The van der Waals surface area contributed by atoms with Crippen molar-refractivity contribution in [1.29, 1.82) is 0 Å². The second-order valence-corrected chi connectivity index (χ2v) is 13.6. The highest BCUT2D eigenvalue weighted by Crippen LogP contribution is 2.45. The molecule has 1 aromatic heterocycles. The molecule has 0 N–H and O–H groups in total. The minimum atomic E-state index is -0.640. The van der Waals surface area contributed by atoms with Crippen LogP contribution in [0.1, 0.15) is 30.4 Å². The van der Waals surface area contributed by atoms with E-state index in [9.17, 15) is 0 Å². The molecule has 6 aromatic rings. The van der Waals surface area contributed by atoms with Crippen molar-refractivity contribution in [3.8, 4) is 22.4 Å². The highest BCUT2D eigenvalue weighted by atomic mass is 31.1. The molecule has 43 heavy (non-hydrogen) atoms. The lowest BCUT2D eigenvalue weighted by Gasteiger charge is -2.22. The van der Waals surface area contributed by atoms with Gasteiger partial charge in [0.2, 0.25) is 0 Å². The lowest BCUT2D eigenvalue weighted by molar-refractivity contribution is 1.00. The summed E-state index contributed by atoms with van der Waals surface area (Å²) in [6.07, 6.45) is 18.2. The van der Waals surface area contributed by atoms with Crippen LogP contribution in [0.2, 0.25) is 0 Å². The number of aromatic nitrogens is 1. The van der Waals surface area contributed by atoms with Crippen molar-refractivity contribution < 1.29 is 0 Å². The first-order valence-electron chi connectivity index (χ1n) is 15.3. The predicted octanol–water partition coefficient (Wildman–Crippen LogP) is 10.3. The number of nitrogens with zero attached hydrogens (tertiary/aromatic N) is 1. The summed E-state index contributed by atoms with van der Waals surface area (Å²) in [4.78, 5) is 4.87. The standard InChI is InChI=1S/C41H32NP/c1-3-14-32(15-4-1)43(33-16-5-2-6-17-33)34-24-25-42-41(28-34)31-13-11-12-29(26-31)30-22-23-39-37-20-8-7-18-35(37)36-19-9-10-21-38(36)40(39)27-30/h1,3-5,8-17,19-28H,2,6-7,18H2. The number of allylic oxidation sites excluding steroid dienone is 5. The molecule has 0 bridgehead atoms. The second-order valence-electron chi connectivity index (χ2n) is 11.4. The summed E-state index contributed by atoms with van der Waals surface area (Å²) >= 11 is 0. The fraction of sp³-hybridized carbons (Fsp3) is 0.0976. The fourth-order valence-electron chi connectivity index (χ4n) is 6.72. The van der Waals surface area contributed by atoms with E-state index >= 15 is 0 Å². The van der Waals surface area contributed by atoms with Crippen LogP contribution in [0.4, 0.5) is 0 Å². The summed E-state index contributed by atoms with van der Waals surface area (Å²) in [5.74, 6) is 0. The number of pyridine rings is 1. The van der Waals surface area contributed by atoms with Gasteiger partial charge >= 0.3 is 0 Å². The van der Waals surface area contributed by atoms with Crippen LogP contribution in [0.25, 0.3) is 50.0 Å². The van der Waals surface area contributed by atoms with E-state index in [-0.39, 0.29) is 0 Å². The van der Waals surface area contributed by atoms with Crippen molar-refractivity contribution in [2.45, 2.75) is 25.7 Å². The quantitative estimate of drug-likeness (QED) is 0.149. The average Bonchev–Trinajstić information content (AvgIpc) is 3.09. The molecule has 0 radical (unpaired) electrons. The van der Waals surface area contributed by atoms with Gasteiger partial charge < -0.3 is 0 Å². The number of hydrogen-bond acceptors (Lipinski definition) is 1. The molecular formula is C41H32NP. The van der Waals surface area contributed by atoms with Crippen LogP contribution < -0.4 is 10.6 Å². The van der Waals surface area contributed by atoms with E-state index in [1.165, 1.54) is 59.7 Å². The maximum absolute atomic E-state index is 4.87. The molecule has 0 saturated heterocycles. The molecule has 0 aliphatic heterocycles. The Kier molecular flexibility index (Phi) is 6.82. The van der Waals surface area contributed by atoms with Gasteiger partial charge in [0.25, 0.3) is 0 Å². The monoisotopic (exact) mass is 569 g/mol. The van der Waals surface area contributed by atoms with Gasteiger partial charge in [0.15, 0.2) is 0 Å². The van der Waals surface area contributed by atoms with Gasteiger partial charge in [-0.25, -0.2) is 0 Å². The molecule has 2 aliphatic rings. The third-order valence-corrected chi connectivity index (χ3v) is 11.2. The van der Waals surface area contributed by atoms with Crippen LogP contribution in [0.5, 0.6) is 0 Å². The summed E-state index contributed by atoms with van der Waals surface area (Å²) in [6.45, 7) is 0. The number of hydrogen-bond donors (Lipinski definition) is 0. The van der Waals surface area contributed by atoms with Crippen LogP contribution >= 0.6 is 7.92 Å². The summed E-state index contributed by atoms with van der Waals surface area (Å²) in [6, 6.07) is 40.3. The fourth-order valence-corrected chi connectivity index (χ4v) is 9.12. The third-order valence-electron chi connectivity index (χ3n) is 8.76. The highest BCUT2D eigenvalue weighted by Gasteiger charge is 2.20. The SMILES string of the molecule is C1=CC(P(c2ccccc2)c2ccnc(-c3cccc(-c4ccc5c6c(c7ccccc7c5c4)CCC=C6)c3)c2)=CCC1. The van der Waals surface area contributed by atoms with Gasteiger partial charge in [0.1, 0.15) is 0 Å². The Labute approximate surface area is 254 Å². The summed E-state index contributed by atoms with van der Waals surface area (Å²) in [7, 11) is -0.640. The van der Waals surface area contributed by atoms with E-state index in [4.69, 9.17) is 4.98 Å². The molecule has 1 atom stereocenters. The predicted molar refractivity (Wildman–Crippen MR) is 187 cm³/mol. The van der Waals surface area contributed by atoms with Crippen molar-refractivity contribution in [2.24, 2.45) is 0 Å². The van der Waals surface area contributed by atoms with E-state index in [0.29, 0.717) is 0 Å².